The normalized spacial score (nSPS) is 17.1. The summed E-state index contributed by atoms with van der Waals surface area (Å²) in [6.07, 6.45) is 0.907. The molecule has 0 aromatic heterocycles. The molecular weight excluding hydrogens is 303 g/mol. The Morgan fingerprint density at radius 2 is 1.83 bits per heavy atom. The number of carbonyl (C=O) groups excluding carboxylic acids is 1. The molecule has 0 bridgehead atoms. The topological polar surface area (TPSA) is 32.3 Å². The molecule has 4 heteroatoms. The number of amides is 1. The highest BCUT2D eigenvalue weighted by Crippen LogP contribution is 2.25. The van der Waals surface area contributed by atoms with E-state index in [0.717, 1.165) is 30.6 Å². The first-order valence-corrected chi connectivity index (χ1v) is 8.32. The van der Waals surface area contributed by atoms with Gasteiger partial charge in [0.05, 0.1) is 5.56 Å². The molecule has 1 aliphatic heterocycles. The molecule has 1 unspecified atom stereocenters. The fourth-order valence-electron chi connectivity index (χ4n) is 3.11. The number of benzene rings is 2. The Kier molecular flexibility index (Phi) is 4.67. The maximum absolute atomic E-state index is 14.6. The van der Waals surface area contributed by atoms with E-state index in [0.29, 0.717) is 0 Å². The average Bonchev–Trinajstić information content (AvgIpc) is 3.10. The first-order valence-electron chi connectivity index (χ1n) is 8.32. The third kappa shape index (κ3) is 3.20. The van der Waals surface area contributed by atoms with E-state index in [-0.39, 0.29) is 17.5 Å². The van der Waals surface area contributed by atoms with Crippen LogP contribution in [0.5, 0.6) is 0 Å². The molecule has 1 heterocycles. The van der Waals surface area contributed by atoms with Gasteiger partial charge >= 0.3 is 0 Å². The molecule has 0 spiro atoms. The quantitative estimate of drug-likeness (QED) is 0.935. The van der Waals surface area contributed by atoms with Gasteiger partial charge < -0.3 is 10.2 Å². The van der Waals surface area contributed by atoms with Gasteiger partial charge in [0, 0.05) is 19.6 Å². The van der Waals surface area contributed by atoms with Crippen LogP contribution in [0.4, 0.5) is 4.39 Å². The second kappa shape index (κ2) is 6.73. The SMILES string of the molecule is Cc1ccc(-c2ccc(C(=O)N(C)C3CCNC3)c(F)c2)cc1C. The number of nitrogens with zero attached hydrogens (tertiary/aromatic N) is 1. The molecule has 2 aromatic carbocycles. The standard InChI is InChI=1S/C20H23FN2O/c1-13-4-5-15(10-14(13)2)16-6-7-18(19(21)11-16)20(24)23(3)17-8-9-22-12-17/h4-7,10-11,17,22H,8-9,12H2,1-3H3. The van der Waals surface area contributed by atoms with E-state index in [2.05, 4.69) is 12.2 Å². The van der Waals surface area contributed by atoms with E-state index in [1.54, 1.807) is 18.0 Å². The van der Waals surface area contributed by atoms with Gasteiger partial charge in [-0.15, -0.1) is 0 Å². The van der Waals surface area contributed by atoms with Crippen molar-refractivity contribution in [1.82, 2.24) is 10.2 Å². The Labute approximate surface area is 142 Å². The predicted octanol–water partition coefficient (Wildman–Crippen LogP) is 3.54. The Bertz CT molecular complexity index is 766. The van der Waals surface area contributed by atoms with E-state index < -0.39 is 5.82 Å². The number of hydrogen-bond donors (Lipinski definition) is 1. The average molecular weight is 326 g/mol. The van der Waals surface area contributed by atoms with Crippen LogP contribution in [0.3, 0.4) is 0 Å². The fourth-order valence-corrected chi connectivity index (χ4v) is 3.11. The van der Waals surface area contributed by atoms with Gasteiger partial charge in [-0.2, -0.15) is 0 Å². The number of nitrogens with one attached hydrogen (secondary N) is 1. The molecule has 126 valence electrons. The van der Waals surface area contributed by atoms with Crippen molar-refractivity contribution in [3.63, 3.8) is 0 Å². The molecule has 24 heavy (non-hydrogen) atoms. The number of aryl methyl sites for hydroxylation is 2. The predicted molar refractivity (Wildman–Crippen MR) is 94.7 cm³/mol. The van der Waals surface area contributed by atoms with Gasteiger partial charge in [0.2, 0.25) is 0 Å². The van der Waals surface area contributed by atoms with Crippen LogP contribution in [-0.4, -0.2) is 37.0 Å². The molecule has 1 saturated heterocycles. The summed E-state index contributed by atoms with van der Waals surface area (Å²) in [5, 5.41) is 3.23. The molecule has 3 rings (SSSR count). The number of carbonyl (C=O) groups is 1. The van der Waals surface area contributed by atoms with Crippen molar-refractivity contribution in [3.05, 3.63) is 58.9 Å². The van der Waals surface area contributed by atoms with Gasteiger partial charge in [-0.3, -0.25) is 4.79 Å². The lowest BCUT2D eigenvalue weighted by molar-refractivity contribution is 0.0739. The fraction of sp³-hybridized carbons (Fsp3) is 0.350. The van der Waals surface area contributed by atoms with E-state index >= 15 is 0 Å². The minimum atomic E-state index is -0.464. The molecule has 0 radical (unpaired) electrons. The van der Waals surface area contributed by atoms with Gasteiger partial charge in [-0.05, 0) is 61.2 Å². The molecule has 0 saturated carbocycles. The summed E-state index contributed by atoms with van der Waals surface area (Å²) in [6.45, 7) is 5.76. The molecule has 1 aliphatic rings. The third-order valence-electron chi connectivity index (χ3n) is 4.94. The summed E-state index contributed by atoms with van der Waals surface area (Å²) in [6, 6.07) is 11.1. The number of hydrogen-bond acceptors (Lipinski definition) is 2. The number of halogens is 1. The van der Waals surface area contributed by atoms with Gasteiger partial charge in [0.15, 0.2) is 0 Å². The van der Waals surface area contributed by atoms with Crippen LogP contribution >= 0.6 is 0 Å². The molecular formula is C20H23FN2O. The number of rotatable bonds is 3. The van der Waals surface area contributed by atoms with Crippen LogP contribution in [-0.2, 0) is 0 Å². The van der Waals surface area contributed by atoms with Crippen molar-refractivity contribution >= 4 is 5.91 Å². The Morgan fingerprint density at radius 3 is 2.46 bits per heavy atom. The van der Waals surface area contributed by atoms with Crippen molar-refractivity contribution in [1.29, 1.82) is 0 Å². The minimum Gasteiger partial charge on any atom is -0.337 e. The van der Waals surface area contributed by atoms with Crippen LogP contribution in [0.25, 0.3) is 11.1 Å². The zero-order valence-corrected chi connectivity index (χ0v) is 14.4. The maximum atomic E-state index is 14.6. The Morgan fingerprint density at radius 1 is 1.12 bits per heavy atom. The summed E-state index contributed by atoms with van der Waals surface area (Å²) in [7, 11) is 1.75. The second-order valence-electron chi connectivity index (χ2n) is 6.56. The van der Waals surface area contributed by atoms with Gasteiger partial charge in [-0.25, -0.2) is 4.39 Å². The van der Waals surface area contributed by atoms with Crippen molar-refractivity contribution in [2.75, 3.05) is 20.1 Å². The highest BCUT2D eigenvalue weighted by molar-refractivity contribution is 5.95. The summed E-state index contributed by atoms with van der Waals surface area (Å²) in [4.78, 5) is 14.2. The smallest absolute Gasteiger partial charge is 0.256 e. The first-order chi connectivity index (χ1) is 11.5. The van der Waals surface area contributed by atoms with E-state index in [9.17, 15) is 9.18 Å². The minimum absolute atomic E-state index is 0.135. The third-order valence-corrected chi connectivity index (χ3v) is 4.94. The molecule has 3 nitrogen and oxygen atoms in total. The Hall–Kier alpha value is -2.20. The lowest BCUT2D eigenvalue weighted by Gasteiger charge is -2.24. The highest BCUT2D eigenvalue weighted by atomic mass is 19.1. The molecule has 1 fully saturated rings. The van der Waals surface area contributed by atoms with Gasteiger partial charge in [0.25, 0.3) is 5.91 Å². The van der Waals surface area contributed by atoms with Gasteiger partial charge in [-0.1, -0.05) is 24.3 Å². The summed E-state index contributed by atoms with van der Waals surface area (Å²) < 4.78 is 14.6. The van der Waals surface area contributed by atoms with Crippen LogP contribution < -0.4 is 5.32 Å². The zero-order valence-electron chi connectivity index (χ0n) is 14.4. The number of likely N-dealkylation sites (N-methyl/N-ethyl adjacent to an activating group) is 1. The van der Waals surface area contributed by atoms with Crippen molar-refractivity contribution in [2.24, 2.45) is 0 Å². The molecule has 1 amide bonds. The lowest BCUT2D eigenvalue weighted by atomic mass is 9.99. The highest BCUT2D eigenvalue weighted by Gasteiger charge is 2.25. The Balaban J connectivity index is 1.86. The van der Waals surface area contributed by atoms with E-state index in [4.69, 9.17) is 0 Å². The van der Waals surface area contributed by atoms with Crippen molar-refractivity contribution in [2.45, 2.75) is 26.3 Å². The monoisotopic (exact) mass is 326 g/mol. The molecule has 1 N–H and O–H groups in total. The van der Waals surface area contributed by atoms with Crippen LogP contribution in [0.15, 0.2) is 36.4 Å². The lowest BCUT2D eigenvalue weighted by Crippen LogP contribution is -2.38. The van der Waals surface area contributed by atoms with Crippen LogP contribution in [0.1, 0.15) is 27.9 Å². The molecule has 0 aliphatic carbocycles. The van der Waals surface area contributed by atoms with Gasteiger partial charge in [0.1, 0.15) is 5.82 Å². The second-order valence-corrected chi connectivity index (χ2v) is 6.56. The first kappa shape index (κ1) is 16.7. The summed E-state index contributed by atoms with van der Waals surface area (Å²) in [5.74, 6) is -0.721. The largest absolute Gasteiger partial charge is 0.337 e. The van der Waals surface area contributed by atoms with Crippen LogP contribution in [0, 0.1) is 19.7 Å². The zero-order chi connectivity index (χ0) is 17.3. The van der Waals surface area contributed by atoms with Crippen molar-refractivity contribution < 1.29 is 9.18 Å². The maximum Gasteiger partial charge on any atom is 0.256 e. The molecule has 1 atom stereocenters. The van der Waals surface area contributed by atoms with E-state index in [1.165, 1.54) is 17.2 Å². The van der Waals surface area contributed by atoms with E-state index in [1.807, 2.05) is 31.2 Å². The van der Waals surface area contributed by atoms with Crippen molar-refractivity contribution in [3.8, 4) is 11.1 Å². The summed E-state index contributed by atoms with van der Waals surface area (Å²) in [5.41, 5.74) is 4.26. The molecule has 2 aromatic rings. The summed E-state index contributed by atoms with van der Waals surface area (Å²) >= 11 is 0. The van der Waals surface area contributed by atoms with Crippen LogP contribution in [0.2, 0.25) is 0 Å².